The molecule has 0 bridgehead atoms. The largest absolute Gasteiger partial charge is 0.394 e. The number of nitrogens with zero attached hydrogens (tertiary/aromatic N) is 3. The Labute approximate surface area is 102 Å². The van der Waals surface area contributed by atoms with Gasteiger partial charge in [-0.05, 0) is 34.5 Å². The van der Waals surface area contributed by atoms with Crippen LogP contribution in [0.5, 0.6) is 0 Å². The van der Waals surface area contributed by atoms with Crippen molar-refractivity contribution in [2.24, 2.45) is 0 Å². The molecule has 2 rings (SSSR count). The standard InChI is InChI=1S/C10H13BrN4O/c1-2-7(6-16)13-9-3-4-10-12-5-8(11)15(10)14-9/h3-5,7,16H,2,6H2,1H3,(H,13,14)/t7-/m1/s1. The number of halogens is 1. The Hall–Kier alpha value is -1.14. The third-order valence-electron chi connectivity index (χ3n) is 2.39. The number of hydrogen-bond donors (Lipinski definition) is 2. The molecule has 0 aromatic carbocycles. The van der Waals surface area contributed by atoms with E-state index in [1.165, 1.54) is 0 Å². The van der Waals surface area contributed by atoms with Crippen molar-refractivity contribution in [1.29, 1.82) is 0 Å². The van der Waals surface area contributed by atoms with E-state index in [0.717, 1.165) is 22.5 Å². The normalized spacial score (nSPS) is 12.9. The Morgan fingerprint density at radius 2 is 2.38 bits per heavy atom. The molecule has 2 aromatic heterocycles. The molecule has 6 heteroatoms. The molecule has 0 fully saturated rings. The van der Waals surface area contributed by atoms with Crippen LogP contribution in [-0.2, 0) is 0 Å². The van der Waals surface area contributed by atoms with Crippen LogP contribution in [0.1, 0.15) is 13.3 Å². The number of imidazole rings is 1. The topological polar surface area (TPSA) is 62.5 Å². The molecule has 16 heavy (non-hydrogen) atoms. The smallest absolute Gasteiger partial charge is 0.154 e. The number of aliphatic hydroxyl groups excluding tert-OH is 1. The molecule has 2 heterocycles. The summed E-state index contributed by atoms with van der Waals surface area (Å²) >= 11 is 3.36. The summed E-state index contributed by atoms with van der Waals surface area (Å²) in [7, 11) is 0. The van der Waals surface area contributed by atoms with Gasteiger partial charge in [0.1, 0.15) is 10.4 Å². The molecule has 5 nitrogen and oxygen atoms in total. The second kappa shape index (κ2) is 4.80. The molecule has 0 saturated carbocycles. The van der Waals surface area contributed by atoms with Crippen molar-refractivity contribution in [3.63, 3.8) is 0 Å². The zero-order valence-electron chi connectivity index (χ0n) is 8.89. The number of nitrogens with one attached hydrogen (secondary N) is 1. The van der Waals surface area contributed by atoms with E-state index in [-0.39, 0.29) is 12.6 Å². The van der Waals surface area contributed by atoms with Gasteiger partial charge in [-0.3, -0.25) is 0 Å². The summed E-state index contributed by atoms with van der Waals surface area (Å²) in [5.74, 6) is 0.729. The van der Waals surface area contributed by atoms with Crippen LogP contribution in [0.3, 0.4) is 0 Å². The van der Waals surface area contributed by atoms with Gasteiger partial charge in [0.2, 0.25) is 0 Å². The van der Waals surface area contributed by atoms with E-state index in [1.54, 1.807) is 10.7 Å². The highest BCUT2D eigenvalue weighted by Gasteiger charge is 2.07. The van der Waals surface area contributed by atoms with Gasteiger partial charge < -0.3 is 10.4 Å². The average molecular weight is 285 g/mol. The molecular weight excluding hydrogens is 272 g/mol. The minimum Gasteiger partial charge on any atom is -0.394 e. The van der Waals surface area contributed by atoms with E-state index in [1.807, 2.05) is 19.1 Å². The lowest BCUT2D eigenvalue weighted by Crippen LogP contribution is -2.23. The van der Waals surface area contributed by atoms with Gasteiger partial charge in [0, 0.05) is 0 Å². The van der Waals surface area contributed by atoms with Crippen LogP contribution in [0.25, 0.3) is 5.65 Å². The Bertz CT molecular complexity index is 481. The number of rotatable bonds is 4. The first kappa shape index (κ1) is 11.3. The molecule has 0 amide bonds. The highest BCUT2D eigenvalue weighted by atomic mass is 79.9. The Morgan fingerprint density at radius 1 is 1.56 bits per heavy atom. The summed E-state index contributed by atoms with van der Waals surface area (Å²) in [5.41, 5.74) is 0.787. The van der Waals surface area contributed by atoms with Crippen molar-refractivity contribution in [2.75, 3.05) is 11.9 Å². The summed E-state index contributed by atoms with van der Waals surface area (Å²) in [5, 5.41) is 16.6. The first-order valence-corrected chi connectivity index (χ1v) is 5.91. The molecule has 0 saturated heterocycles. The fourth-order valence-corrected chi connectivity index (χ4v) is 1.77. The minimum atomic E-state index is 0.0345. The summed E-state index contributed by atoms with van der Waals surface area (Å²) in [6.07, 6.45) is 2.55. The highest BCUT2D eigenvalue weighted by Crippen LogP contribution is 2.14. The maximum atomic E-state index is 9.10. The molecule has 0 aliphatic heterocycles. The number of anilines is 1. The average Bonchev–Trinajstić information content (AvgIpc) is 2.68. The molecule has 0 aliphatic carbocycles. The summed E-state index contributed by atoms with van der Waals surface area (Å²) in [6, 6.07) is 3.77. The molecular formula is C10H13BrN4O. The van der Waals surface area contributed by atoms with Crippen LogP contribution in [0, 0.1) is 0 Å². The van der Waals surface area contributed by atoms with Gasteiger partial charge in [-0.15, -0.1) is 5.10 Å². The van der Waals surface area contributed by atoms with E-state index in [0.29, 0.717) is 0 Å². The number of fused-ring (bicyclic) bond motifs is 1. The maximum Gasteiger partial charge on any atom is 0.154 e. The lowest BCUT2D eigenvalue weighted by atomic mass is 10.2. The molecule has 86 valence electrons. The van der Waals surface area contributed by atoms with Crippen LogP contribution in [0.15, 0.2) is 22.9 Å². The fourth-order valence-electron chi connectivity index (χ4n) is 1.41. The van der Waals surface area contributed by atoms with E-state index in [9.17, 15) is 0 Å². The zero-order chi connectivity index (χ0) is 11.5. The van der Waals surface area contributed by atoms with Crippen molar-refractivity contribution in [3.8, 4) is 0 Å². The molecule has 0 aliphatic rings. The van der Waals surface area contributed by atoms with Gasteiger partial charge in [0.15, 0.2) is 5.65 Å². The maximum absolute atomic E-state index is 9.10. The number of aromatic nitrogens is 3. The van der Waals surface area contributed by atoms with Crippen molar-refractivity contribution in [1.82, 2.24) is 14.6 Å². The number of aliphatic hydroxyl groups is 1. The van der Waals surface area contributed by atoms with Gasteiger partial charge in [-0.2, -0.15) is 0 Å². The first-order chi connectivity index (χ1) is 7.74. The van der Waals surface area contributed by atoms with E-state index >= 15 is 0 Å². The van der Waals surface area contributed by atoms with Crippen LogP contribution < -0.4 is 5.32 Å². The van der Waals surface area contributed by atoms with Crippen LogP contribution >= 0.6 is 15.9 Å². The Kier molecular flexibility index (Phi) is 3.40. The third kappa shape index (κ3) is 2.17. The Balaban J connectivity index is 2.28. The van der Waals surface area contributed by atoms with Crippen molar-refractivity contribution in [2.45, 2.75) is 19.4 Å². The van der Waals surface area contributed by atoms with E-state index in [2.05, 4.69) is 31.3 Å². The molecule has 0 unspecified atom stereocenters. The summed E-state index contributed by atoms with van der Waals surface area (Å²) in [4.78, 5) is 4.16. The summed E-state index contributed by atoms with van der Waals surface area (Å²) in [6.45, 7) is 2.11. The molecule has 2 aromatic rings. The predicted octanol–water partition coefficient (Wildman–Crippen LogP) is 1.67. The van der Waals surface area contributed by atoms with E-state index in [4.69, 9.17) is 5.11 Å². The van der Waals surface area contributed by atoms with E-state index < -0.39 is 0 Å². The fraction of sp³-hybridized carbons (Fsp3) is 0.400. The highest BCUT2D eigenvalue weighted by molar-refractivity contribution is 9.10. The van der Waals surface area contributed by atoms with Crippen molar-refractivity contribution in [3.05, 3.63) is 22.9 Å². The van der Waals surface area contributed by atoms with Gasteiger partial charge in [0.05, 0.1) is 18.8 Å². The minimum absolute atomic E-state index is 0.0345. The van der Waals surface area contributed by atoms with Gasteiger partial charge >= 0.3 is 0 Å². The monoisotopic (exact) mass is 284 g/mol. The van der Waals surface area contributed by atoms with Crippen LogP contribution in [0.2, 0.25) is 0 Å². The van der Waals surface area contributed by atoms with Crippen molar-refractivity contribution >= 4 is 27.4 Å². The van der Waals surface area contributed by atoms with Gasteiger partial charge in [-0.25, -0.2) is 9.50 Å². The van der Waals surface area contributed by atoms with Crippen LogP contribution in [-0.4, -0.2) is 32.4 Å². The number of hydrogen-bond acceptors (Lipinski definition) is 4. The quantitative estimate of drug-likeness (QED) is 0.897. The first-order valence-electron chi connectivity index (χ1n) is 5.12. The third-order valence-corrected chi connectivity index (χ3v) is 2.93. The lowest BCUT2D eigenvalue weighted by Gasteiger charge is -2.14. The lowest BCUT2D eigenvalue weighted by molar-refractivity contribution is 0.271. The van der Waals surface area contributed by atoms with Gasteiger partial charge in [-0.1, -0.05) is 6.92 Å². The second-order valence-electron chi connectivity index (χ2n) is 3.50. The van der Waals surface area contributed by atoms with Crippen LogP contribution in [0.4, 0.5) is 5.82 Å². The molecule has 0 radical (unpaired) electrons. The molecule has 2 N–H and O–H groups in total. The predicted molar refractivity (Wildman–Crippen MR) is 65.5 cm³/mol. The second-order valence-corrected chi connectivity index (χ2v) is 4.31. The Morgan fingerprint density at radius 3 is 3.06 bits per heavy atom. The molecule has 1 atom stereocenters. The van der Waals surface area contributed by atoms with Gasteiger partial charge in [0.25, 0.3) is 0 Å². The van der Waals surface area contributed by atoms with Crippen molar-refractivity contribution < 1.29 is 5.11 Å². The SMILES string of the molecule is CC[C@H](CO)Nc1ccc2ncc(Br)n2n1. The zero-order valence-corrected chi connectivity index (χ0v) is 10.5. The summed E-state index contributed by atoms with van der Waals surface area (Å²) < 4.78 is 2.51. The molecule has 0 spiro atoms.